The second-order valence-corrected chi connectivity index (χ2v) is 2.01. The Morgan fingerprint density at radius 1 is 1.25 bits per heavy atom. The van der Waals surface area contributed by atoms with E-state index in [4.69, 9.17) is 5.21 Å². The zero-order valence-corrected chi connectivity index (χ0v) is 5.30. The Kier molecular flexibility index (Phi) is 4.95. The van der Waals surface area contributed by atoms with Crippen molar-refractivity contribution in [1.82, 2.24) is 4.90 Å². The van der Waals surface area contributed by atoms with Gasteiger partial charge in [0.15, 0.2) is 0 Å². The van der Waals surface area contributed by atoms with Crippen LogP contribution < -0.4 is 5.90 Å². The molecule has 0 spiro atoms. The first kappa shape index (κ1) is 7.88. The topological polar surface area (TPSA) is 49.5 Å². The summed E-state index contributed by atoms with van der Waals surface area (Å²) in [6.45, 7) is 2.64. The SMILES string of the molecule is CN1CCCC1.NO. The molecule has 1 saturated heterocycles. The van der Waals surface area contributed by atoms with Crippen LogP contribution >= 0.6 is 0 Å². The van der Waals surface area contributed by atoms with Gasteiger partial charge in [-0.1, -0.05) is 0 Å². The fourth-order valence-electron chi connectivity index (χ4n) is 0.875. The molecule has 0 aromatic rings. The maximum absolute atomic E-state index is 6.50. The third-order valence-corrected chi connectivity index (χ3v) is 1.33. The summed E-state index contributed by atoms with van der Waals surface area (Å²) in [4.78, 5) is 2.36. The van der Waals surface area contributed by atoms with Gasteiger partial charge in [-0.3, -0.25) is 0 Å². The maximum Gasteiger partial charge on any atom is -0.00213 e. The minimum Gasteiger partial charge on any atom is -0.320 e. The molecule has 0 atom stereocenters. The van der Waals surface area contributed by atoms with Crippen molar-refractivity contribution < 1.29 is 5.21 Å². The zero-order chi connectivity index (χ0) is 6.41. The molecule has 0 aliphatic carbocycles. The van der Waals surface area contributed by atoms with Gasteiger partial charge in [0.1, 0.15) is 0 Å². The minimum atomic E-state index is 1.32. The molecule has 0 aromatic carbocycles. The van der Waals surface area contributed by atoms with Crippen molar-refractivity contribution in [1.29, 1.82) is 0 Å². The fourth-order valence-corrected chi connectivity index (χ4v) is 0.875. The normalized spacial score (nSPS) is 19.9. The van der Waals surface area contributed by atoms with E-state index in [1.165, 1.54) is 25.9 Å². The zero-order valence-electron chi connectivity index (χ0n) is 5.30. The van der Waals surface area contributed by atoms with Gasteiger partial charge in [0, 0.05) is 0 Å². The Hall–Kier alpha value is -0.120. The van der Waals surface area contributed by atoms with Crippen LogP contribution in [0.1, 0.15) is 12.8 Å². The largest absolute Gasteiger partial charge is 0.320 e. The second kappa shape index (κ2) is 5.03. The summed E-state index contributed by atoms with van der Waals surface area (Å²) in [6.07, 6.45) is 2.83. The lowest BCUT2D eigenvalue weighted by Gasteiger charge is -2.01. The monoisotopic (exact) mass is 118 g/mol. The van der Waals surface area contributed by atoms with E-state index >= 15 is 0 Å². The lowest BCUT2D eigenvalue weighted by molar-refractivity contribution is 0.311. The Labute approximate surface area is 50.0 Å². The molecule has 1 aliphatic rings. The Morgan fingerprint density at radius 3 is 1.75 bits per heavy atom. The van der Waals surface area contributed by atoms with Crippen LogP contribution in [0, 0.1) is 0 Å². The van der Waals surface area contributed by atoms with Gasteiger partial charge in [0.2, 0.25) is 0 Å². The average Bonchev–Trinajstić information content (AvgIpc) is 2.24. The van der Waals surface area contributed by atoms with Gasteiger partial charge in [-0.15, -0.1) is 0 Å². The molecule has 0 amide bonds. The van der Waals surface area contributed by atoms with Crippen LogP contribution in [0.2, 0.25) is 0 Å². The molecule has 0 saturated carbocycles. The molecular weight excluding hydrogens is 104 g/mol. The van der Waals surface area contributed by atoms with Crippen molar-refractivity contribution in [3.63, 3.8) is 0 Å². The van der Waals surface area contributed by atoms with E-state index < -0.39 is 0 Å². The van der Waals surface area contributed by atoms with Crippen molar-refractivity contribution in [3.8, 4) is 0 Å². The van der Waals surface area contributed by atoms with Crippen LogP contribution in [0.4, 0.5) is 0 Å². The number of nitrogens with zero attached hydrogens (tertiary/aromatic N) is 1. The van der Waals surface area contributed by atoms with E-state index in [0.29, 0.717) is 0 Å². The number of nitrogens with two attached hydrogens (primary N) is 1. The first-order chi connectivity index (χ1) is 3.89. The fraction of sp³-hybridized carbons (Fsp3) is 1.00. The quantitative estimate of drug-likeness (QED) is 0.442. The smallest absolute Gasteiger partial charge is 0.00213 e. The highest BCUT2D eigenvalue weighted by Gasteiger charge is 2.03. The molecular formula is C5H14N2O. The van der Waals surface area contributed by atoms with Gasteiger partial charge >= 0.3 is 0 Å². The molecule has 0 unspecified atom stereocenters. The van der Waals surface area contributed by atoms with Crippen LogP contribution in [-0.2, 0) is 0 Å². The molecule has 8 heavy (non-hydrogen) atoms. The van der Waals surface area contributed by atoms with Crippen molar-refractivity contribution in [3.05, 3.63) is 0 Å². The minimum absolute atomic E-state index is 1.32. The van der Waals surface area contributed by atoms with Crippen LogP contribution in [0.25, 0.3) is 0 Å². The molecule has 1 fully saturated rings. The summed E-state index contributed by atoms with van der Waals surface area (Å²) >= 11 is 0. The van der Waals surface area contributed by atoms with Gasteiger partial charge in [-0.05, 0) is 33.0 Å². The first-order valence-corrected chi connectivity index (χ1v) is 2.84. The average molecular weight is 118 g/mol. The Morgan fingerprint density at radius 2 is 1.62 bits per heavy atom. The Balaban J connectivity index is 0.000000222. The molecule has 0 radical (unpaired) electrons. The van der Waals surface area contributed by atoms with Gasteiger partial charge in [0.05, 0.1) is 0 Å². The van der Waals surface area contributed by atoms with Crippen LogP contribution in [-0.4, -0.2) is 30.2 Å². The standard InChI is InChI=1S/C5H11N.H3NO/c1-6-4-2-3-5-6;1-2/h2-5H2,1H3;2H,1H2. The van der Waals surface area contributed by atoms with Crippen molar-refractivity contribution >= 4 is 0 Å². The highest BCUT2D eigenvalue weighted by Crippen LogP contribution is 2.01. The van der Waals surface area contributed by atoms with Crippen LogP contribution in [0.5, 0.6) is 0 Å². The third kappa shape index (κ3) is 2.96. The predicted molar refractivity (Wildman–Crippen MR) is 32.7 cm³/mol. The lowest BCUT2D eigenvalue weighted by Crippen LogP contribution is -2.10. The predicted octanol–water partition coefficient (Wildman–Crippen LogP) is 0.0463. The van der Waals surface area contributed by atoms with Gasteiger partial charge in [-0.25, -0.2) is 5.90 Å². The summed E-state index contributed by atoms with van der Waals surface area (Å²) in [5, 5.41) is 6.50. The number of hydrogen-bond acceptors (Lipinski definition) is 3. The van der Waals surface area contributed by atoms with E-state index in [-0.39, 0.29) is 0 Å². The number of rotatable bonds is 0. The lowest BCUT2D eigenvalue weighted by atomic mass is 10.4. The first-order valence-electron chi connectivity index (χ1n) is 2.84. The van der Waals surface area contributed by atoms with E-state index in [9.17, 15) is 0 Å². The van der Waals surface area contributed by atoms with Crippen LogP contribution in [0.15, 0.2) is 0 Å². The van der Waals surface area contributed by atoms with Gasteiger partial charge in [0.25, 0.3) is 0 Å². The molecule has 0 aromatic heterocycles. The van der Waals surface area contributed by atoms with Crippen LogP contribution in [0.3, 0.4) is 0 Å². The molecule has 1 rings (SSSR count). The molecule has 0 bridgehead atoms. The third-order valence-electron chi connectivity index (χ3n) is 1.33. The van der Waals surface area contributed by atoms with E-state index in [2.05, 4.69) is 17.8 Å². The summed E-state index contributed by atoms with van der Waals surface area (Å²) < 4.78 is 0. The Bertz CT molecular complexity index is 43.7. The van der Waals surface area contributed by atoms with Crippen molar-refractivity contribution in [2.45, 2.75) is 12.8 Å². The highest BCUT2D eigenvalue weighted by molar-refractivity contribution is 4.59. The van der Waals surface area contributed by atoms with Crippen molar-refractivity contribution in [2.75, 3.05) is 20.1 Å². The van der Waals surface area contributed by atoms with E-state index in [1.807, 2.05) is 0 Å². The van der Waals surface area contributed by atoms with Gasteiger partial charge < -0.3 is 10.1 Å². The summed E-state index contributed by atoms with van der Waals surface area (Å²) in [6, 6.07) is 0. The highest BCUT2D eigenvalue weighted by atomic mass is 16.4. The molecule has 50 valence electrons. The van der Waals surface area contributed by atoms with Gasteiger partial charge in [-0.2, -0.15) is 0 Å². The second-order valence-electron chi connectivity index (χ2n) is 2.01. The van der Waals surface area contributed by atoms with E-state index in [1.54, 1.807) is 0 Å². The molecule has 3 heteroatoms. The molecule has 3 N–H and O–H groups in total. The summed E-state index contributed by atoms with van der Waals surface area (Å²) in [5.41, 5.74) is 0. The van der Waals surface area contributed by atoms with E-state index in [0.717, 1.165) is 0 Å². The molecule has 1 aliphatic heterocycles. The van der Waals surface area contributed by atoms with Crippen molar-refractivity contribution in [2.24, 2.45) is 5.90 Å². The molecule has 1 heterocycles. The number of likely N-dealkylation sites (tertiary alicyclic amines) is 1. The summed E-state index contributed by atoms with van der Waals surface area (Å²) in [7, 11) is 2.17. The number of hydrogen-bond donors (Lipinski definition) is 2. The summed E-state index contributed by atoms with van der Waals surface area (Å²) in [5.74, 6) is 3.50. The maximum atomic E-state index is 6.50. The molecule has 3 nitrogen and oxygen atoms in total.